The number of likely N-dealkylation sites (N-methyl/N-ethyl adjacent to an activating group) is 1. The second-order valence-corrected chi connectivity index (χ2v) is 11.6. The first-order valence-electron chi connectivity index (χ1n) is 15.0. The van der Waals surface area contributed by atoms with E-state index in [2.05, 4.69) is 52.8 Å². The fourth-order valence-electron chi connectivity index (χ4n) is 5.82. The third-order valence-electron chi connectivity index (χ3n) is 8.08. The molecule has 6 aromatic rings. The van der Waals surface area contributed by atoms with Crippen molar-refractivity contribution in [2.45, 2.75) is 18.9 Å². The van der Waals surface area contributed by atoms with Gasteiger partial charge in [0.1, 0.15) is 17.7 Å². The van der Waals surface area contributed by atoms with Gasteiger partial charge < -0.3 is 25.3 Å². The Morgan fingerprint density at radius 2 is 1.82 bits per heavy atom. The van der Waals surface area contributed by atoms with Crippen LogP contribution < -0.4 is 15.4 Å². The average Bonchev–Trinajstić information content (AvgIpc) is 3.65. The summed E-state index contributed by atoms with van der Waals surface area (Å²) >= 11 is 0. The van der Waals surface area contributed by atoms with Gasteiger partial charge in [0.2, 0.25) is 0 Å². The minimum Gasteiger partial charge on any atom is -0.489 e. The first kappa shape index (κ1) is 28.0. The predicted octanol–water partition coefficient (Wildman–Crippen LogP) is 6.08. The van der Waals surface area contributed by atoms with E-state index in [1.165, 1.54) is 6.07 Å². The number of fused-ring (bicyclic) bond motifs is 2. The summed E-state index contributed by atoms with van der Waals surface area (Å²) in [6, 6.07) is 17.3. The van der Waals surface area contributed by atoms with Crippen molar-refractivity contribution in [1.29, 1.82) is 0 Å². The number of rotatable bonds is 9. The lowest BCUT2D eigenvalue weighted by atomic mass is 10.0. The molecule has 7 rings (SSSR count). The molecule has 5 heterocycles. The summed E-state index contributed by atoms with van der Waals surface area (Å²) in [5, 5.41) is 16.2. The predicted molar refractivity (Wildman–Crippen MR) is 173 cm³/mol. The topological polar surface area (TPSA) is 107 Å². The Morgan fingerprint density at radius 1 is 0.955 bits per heavy atom. The molecule has 44 heavy (non-hydrogen) atoms. The van der Waals surface area contributed by atoms with E-state index >= 15 is 0 Å². The molecule has 0 aliphatic carbocycles. The maximum absolute atomic E-state index is 14.7. The van der Waals surface area contributed by atoms with Gasteiger partial charge in [0.25, 0.3) is 0 Å². The lowest BCUT2D eigenvalue weighted by Crippen LogP contribution is -2.34. The zero-order valence-electron chi connectivity index (χ0n) is 24.8. The summed E-state index contributed by atoms with van der Waals surface area (Å²) in [4.78, 5) is 14.7. The van der Waals surface area contributed by atoms with Gasteiger partial charge >= 0.3 is 0 Å². The van der Waals surface area contributed by atoms with Crippen LogP contribution in [0, 0.1) is 5.82 Å². The number of nitrogens with one attached hydrogen (secondary N) is 4. The molecule has 9 nitrogen and oxygen atoms in total. The molecule has 0 spiro atoms. The van der Waals surface area contributed by atoms with Gasteiger partial charge in [-0.2, -0.15) is 5.10 Å². The van der Waals surface area contributed by atoms with E-state index in [0.29, 0.717) is 5.65 Å². The fourth-order valence-corrected chi connectivity index (χ4v) is 5.82. The van der Waals surface area contributed by atoms with Gasteiger partial charge in [0.05, 0.1) is 17.6 Å². The van der Waals surface area contributed by atoms with E-state index in [-0.39, 0.29) is 11.9 Å². The Balaban J connectivity index is 1.21. The molecule has 0 saturated carbocycles. The third-order valence-corrected chi connectivity index (χ3v) is 8.08. The molecule has 0 bridgehead atoms. The van der Waals surface area contributed by atoms with Crippen LogP contribution in [0.5, 0.6) is 5.75 Å². The number of benzene rings is 2. The maximum Gasteiger partial charge on any atom is 0.181 e. The van der Waals surface area contributed by atoms with Crippen molar-refractivity contribution in [1.82, 2.24) is 35.4 Å². The van der Waals surface area contributed by atoms with Crippen molar-refractivity contribution >= 4 is 27.6 Å². The van der Waals surface area contributed by atoms with Crippen molar-refractivity contribution in [3.05, 3.63) is 79.0 Å². The van der Waals surface area contributed by atoms with Crippen LogP contribution >= 0.6 is 0 Å². The van der Waals surface area contributed by atoms with Crippen LogP contribution in [0.15, 0.2) is 73.2 Å². The van der Waals surface area contributed by atoms with Crippen LogP contribution in [0.2, 0.25) is 0 Å². The van der Waals surface area contributed by atoms with Gasteiger partial charge in [0, 0.05) is 58.6 Å². The minimum absolute atomic E-state index is 0.194. The highest BCUT2D eigenvalue weighted by Gasteiger charge is 2.17. The monoisotopic (exact) mass is 590 g/mol. The summed E-state index contributed by atoms with van der Waals surface area (Å²) in [5.74, 6) is 0.485. The number of halogens is 1. The summed E-state index contributed by atoms with van der Waals surface area (Å²) in [7, 11) is 4.03. The highest BCUT2D eigenvalue weighted by molar-refractivity contribution is 6.01. The van der Waals surface area contributed by atoms with E-state index in [0.717, 1.165) is 100 Å². The quantitative estimate of drug-likeness (QED) is 0.162. The van der Waals surface area contributed by atoms with Gasteiger partial charge in [-0.15, -0.1) is 0 Å². The standard InChI is InChI=1S/C34H35FN8O/c1-43(2)11-10-38-25-13-21(12-24(35)16-25)28-4-3-5-31-29(28)17-32(40-31)33-30-15-23(19-39-34(30)42-41-33)22-14-27(20-37-18-22)44-26-6-8-36-9-7-26/h3-5,12-20,26,36,38,40H,6-11H2,1-2H3,(H,39,41,42). The van der Waals surface area contributed by atoms with Gasteiger partial charge in [-0.3, -0.25) is 10.1 Å². The summed E-state index contributed by atoms with van der Waals surface area (Å²) in [6.07, 6.45) is 7.57. The zero-order valence-corrected chi connectivity index (χ0v) is 24.8. The van der Waals surface area contributed by atoms with Crippen LogP contribution in [0.25, 0.3) is 55.6 Å². The largest absolute Gasteiger partial charge is 0.489 e. The number of anilines is 1. The Bertz CT molecular complexity index is 1920. The Morgan fingerprint density at radius 3 is 2.68 bits per heavy atom. The normalized spacial score (nSPS) is 14.1. The first-order valence-corrected chi connectivity index (χ1v) is 15.0. The van der Waals surface area contributed by atoms with Gasteiger partial charge in [-0.25, -0.2) is 9.37 Å². The van der Waals surface area contributed by atoms with E-state index in [9.17, 15) is 4.39 Å². The number of pyridine rings is 2. The van der Waals surface area contributed by atoms with Crippen LogP contribution in [0.4, 0.5) is 10.1 Å². The second kappa shape index (κ2) is 12.1. The number of piperidine rings is 1. The molecule has 4 aromatic heterocycles. The summed E-state index contributed by atoms with van der Waals surface area (Å²) in [5.41, 5.74) is 7.64. The number of ether oxygens (including phenoxy) is 1. The third kappa shape index (κ3) is 5.86. The molecular formula is C34H35FN8O. The minimum atomic E-state index is -0.277. The molecule has 0 atom stereocenters. The lowest BCUT2D eigenvalue weighted by molar-refractivity contribution is 0.162. The average molecular weight is 591 g/mol. The smallest absolute Gasteiger partial charge is 0.181 e. The molecule has 0 radical (unpaired) electrons. The molecule has 224 valence electrons. The van der Waals surface area contributed by atoms with Crippen molar-refractivity contribution in [3.63, 3.8) is 0 Å². The highest BCUT2D eigenvalue weighted by atomic mass is 19.1. The molecule has 1 fully saturated rings. The number of aromatic amines is 2. The van der Waals surface area contributed by atoms with E-state index in [1.807, 2.05) is 56.8 Å². The van der Waals surface area contributed by atoms with Crippen LogP contribution in [0.3, 0.4) is 0 Å². The fraction of sp³-hybridized carbons (Fsp3) is 0.265. The van der Waals surface area contributed by atoms with Crippen molar-refractivity contribution in [2.75, 3.05) is 45.6 Å². The summed E-state index contributed by atoms with van der Waals surface area (Å²) < 4.78 is 21.0. The highest BCUT2D eigenvalue weighted by Crippen LogP contribution is 2.36. The van der Waals surface area contributed by atoms with E-state index in [4.69, 9.17) is 4.74 Å². The van der Waals surface area contributed by atoms with Crippen molar-refractivity contribution in [2.24, 2.45) is 0 Å². The molecule has 1 saturated heterocycles. The second-order valence-electron chi connectivity index (χ2n) is 11.6. The molecule has 10 heteroatoms. The van der Waals surface area contributed by atoms with Crippen molar-refractivity contribution in [3.8, 4) is 39.4 Å². The number of H-pyrrole nitrogens is 2. The first-order chi connectivity index (χ1) is 21.5. The Kier molecular flexibility index (Phi) is 7.68. The molecule has 0 amide bonds. The van der Waals surface area contributed by atoms with Crippen molar-refractivity contribution < 1.29 is 9.13 Å². The van der Waals surface area contributed by atoms with Crippen LogP contribution in [-0.4, -0.2) is 76.4 Å². The Hall–Kier alpha value is -4.80. The number of hydrogen-bond donors (Lipinski definition) is 4. The van der Waals surface area contributed by atoms with Crippen LogP contribution in [0.1, 0.15) is 12.8 Å². The van der Waals surface area contributed by atoms with Gasteiger partial charge in [-0.1, -0.05) is 12.1 Å². The van der Waals surface area contributed by atoms with Gasteiger partial charge in [-0.05, 0) is 93.6 Å². The molecule has 4 N–H and O–H groups in total. The van der Waals surface area contributed by atoms with E-state index in [1.54, 1.807) is 12.3 Å². The lowest BCUT2D eigenvalue weighted by Gasteiger charge is -2.23. The molecule has 2 aromatic carbocycles. The SMILES string of the molecule is CN(C)CCNc1cc(F)cc(-c2cccc3[nH]c(-c4[nH]nc5ncc(-c6cncc(OC7CCNCC7)c6)cc45)cc23)c1. The summed E-state index contributed by atoms with van der Waals surface area (Å²) in [6.45, 7) is 3.51. The zero-order chi connectivity index (χ0) is 30.0. The number of aromatic nitrogens is 5. The Labute approximate surface area is 254 Å². The number of nitrogens with zero attached hydrogens (tertiary/aromatic N) is 4. The van der Waals surface area contributed by atoms with Gasteiger partial charge in [0.15, 0.2) is 5.65 Å². The molecular weight excluding hydrogens is 555 g/mol. The maximum atomic E-state index is 14.7. The van der Waals surface area contributed by atoms with Crippen LogP contribution in [-0.2, 0) is 0 Å². The molecule has 1 aliphatic rings. The molecule has 1 aliphatic heterocycles. The number of hydrogen-bond acceptors (Lipinski definition) is 7. The van der Waals surface area contributed by atoms with E-state index < -0.39 is 0 Å². The molecule has 0 unspecified atom stereocenters.